The molecule has 4 rings (SSSR count). The maximum atomic E-state index is 13.1. The summed E-state index contributed by atoms with van der Waals surface area (Å²) in [5.74, 6) is -0.168. The number of rotatable bonds is 9. The van der Waals surface area contributed by atoms with E-state index in [0.29, 0.717) is 23.7 Å². The molecule has 0 aliphatic carbocycles. The number of aromatic nitrogens is 2. The summed E-state index contributed by atoms with van der Waals surface area (Å²) < 4.78 is 54.7. The van der Waals surface area contributed by atoms with Crippen LogP contribution in [0.1, 0.15) is 23.7 Å². The average molecular weight is 542 g/mol. The Bertz CT molecular complexity index is 1670. The number of imidazole rings is 1. The van der Waals surface area contributed by atoms with E-state index in [1.807, 2.05) is 11.5 Å². The average Bonchev–Trinajstić information content (AvgIpc) is 3.19. The number of amides is 1. The maximum Gasteiger partial charge on any atom is 0.261 e. The van der Waals surface area contributed by atoms with E-state index >= 15 is 0 Å². The van der Waals surface area contributed by atoms with Crippen molar-refractivity contribution in [3.8, 4) is 0 Å². The summed E-state index contributed by atoms with van der Waals surface area (Å²) in [6, 6.07) is 19.2. The highest BCUT2D eigenvalue weighted by atomic mass is 32.2. The Morgan fingerprint density at radius 2 is 1.70 bits per heavy atom. The van der Waals surface area contributed by atoms with E-state index in [1.165, 1.54) is 25.2 Å². The third-order valence-corrected chi connectivity index (χ3v) is 8.30. The van der Waals surface area contributed by atoms with Crippen LogP contribution in [0.4, 0.5) is 17.3 Å². The predicted octanol–water partition coefficient (Wildman–Crippen LogP) is 3.90. The topological polar surface area (TPSA) is 130 Å². The van der Waals surface area contributed by atoms with E-state index in [9.17, 15) is 21.6 Å². The Labute approximate surface area is 216 Å². The summed E-state index contributed by atoms with van der Waals surface area (Å²) in [4.78, 5) is 17.8. The first-order valence-corrected chi connectivity index (χ1v) is 14.8. The molecule has 0 aliphatic rings. The quantitative estimate of drug-likeness (QED) is 0.331. The van der Waals surface area contributed by atoms with Crippen LogP contribution in [0.25, 0.3) is 11.0 Å². The first-order valence-electron chi connectivity index (χ1n) is 11.4. The number of aryl methyl sites for hydroxylation is 1. The van der Waals surface area contributed by atoms with Crippen molar-refractivity contribution in [3.63, 3.8) is 0 Å². The second kappa shape index (κ2) is 10.2. The van der Waals surface area contributed by atoms with Crippen LogP contribution in [-0.4, -0.2) is 45.6 Å². The molecule has 3 aromatic carbocycles. The van der Waals surface area contributed by atoms with Gasteiger partial charge in [0.2, 0.25) is 16.0 Å². The molecule has 1 heterocycles. The fraction of sp³-hybridized carbons (Fsp3) is 0.200. The second-order valence-electron chi connectivity index (χ2n) is 8.44. The number of hydrogen-bond donors (Lipinski definition) is 2. The van der Waals surface area contributed by atoms with Gasteiger partial charge in [-0.05, 0) is 55.0 Å². The summed E-state index contributed by atoms with van der Waals surface area (Å²) in [5, 5.41) is 2.81. The number of sulfonamides is 2. The highest BCUT2D eigenvalue weighted by Crippen LogP contribution is 2.27. The van der Waals surface area contributed by atoms with Gasteiger partial charge in [0.1, 0.15) is 0 Å². The summed E-state index contributed by atoms with van der Waals surface area (Å²) in [7, 11) is -5.80. The van der Waals surface area contributed by atoms with Crippen LogP contribution < -0.4 is 14.3 Å². The Morgan fingerprint density at radius 3 is 2.38 bits per heavy atom. The summed E-state index contributed by atoms with van der Waals surface area (Å²) in [6.07, 6.45) is 1.89. The molecule has 12 heteroatoms. The molecule has 0 unspecified atom stereocenters. The highest BCUT2D eigenvalue weighted by Gasteiger charge is 2.19. The molecular weight excluding hydrogens is 514 g/mol. The highest BCUT2D eigenvalue weighted by molar-refractivity contribution is 7.92. The number of nitrogens with one attached hydrogen (secondary N) is 2. The Morgan fingerprint density at radius 1 is 0.973 bits per heavy atom. The lowest BCUT2D eigenvalue weighted by Gasteiger charge is -2.16. The largest absolute Gasteiger partial charge is 0.310 e. The molecule has 37 heavy (non-hydrogen) atoms. The number of carbonyl (C=O) groups is 1. The van der Waals surface area contributed by atoms with Gasteiger partial charge in [-0.2, -0.15) is 0 Å². The zero-order chi connectivity index (χ0) is 26.8. The SMILES string of the molecule is CCCn1c(NC(=O)c2cccc(NS(=O)(=O)c3ccccc3)c2)nc2cc(N(C)S(C)(=O)=O)ccc21. The van der Waals surface area contributed by atoms with Crippen LogP contribution in [-0.2, 0) is 26.6 Å². The molecule has 1 amide bonds. The van der Waals surface area contributed by atoms with E-state index in [2.05, 4.69) is 15.0 Å². The number of benzene rings is 3. The van der Waals surface area contributed by atoms with Crippen molar-refractivity contribution in [2.24, 2.45) is 0 Å². The molecule has 0 saturated carbocycles. The molecule has 0 radical (unpaired) electrons. The molecular formula is C25H27N5O5S2. The molecule has 10 nitrogen and oxygen atoms in total. The van der Waals surface area contributed by atoms with Gasteiger partial charge in [0.25, 0.3) is 15.9 Å². The fourth-order valence-electron chi connectivity index (χ4n) is 3.76. The normalized spacial score (nSPS) is 11.9. The molecule has 0 spiro atoms. The van der Waals surface area contributed by atoms with Crippen molar-refractivity contribution in [1.29, 1.82) is 0 Å². The standard InChI is InChI=1S/C25H27N5O5S2/c1-4-15-30-23-14-13-20(29(2)36(3,32)33)17-22(23)26-25(30)27-24(31)18-9-8-10-19(16-18)28-37(34,35)21-11-6-5-7-12-21/h5-14,16-17,28H,4,15H2,1-3H3,(H,26,27,31). The van der Waals surface area contributed by atoms with Crippen molar-refractivity contribution in [2.45, 2.75) is 24.8 Å². The van der Waals surface area contributed by atoms with Crippen LogP contribution in [0, 0.1) is 0 Å². The molecule has 0 aliphatic heterocycles. The van der Waals surface area contributed by atoms with Crippen LogP contribution in [0.15, 0.2) is 77.7 Å². The number of hydrogen-bond acceptors (Lipinski definition) is 6. The first kappa shape index (κ1) is 26.2. The lowest BCUT2D eigenvalue weighted by Crippen LogP contribution is -2.24. The monoisotopic (exact) mass is 541 g/mol. The van der Waals surface area contributed by atoms with Gasteiger partial charge >= 0.3 is 0 Å². The minimum absolute atomic E-state index is 0.110. The van der Waals surface area contributed by atoms with Gasteiger partial charge in [-0.15, -0.1) is 0 Å². The molecule has 2 N–H and O–H groups in total. The zero-order valence-corrected chi connectivity index (χ0v) is 22.2. The van der Waals surface area contributed by atoms with Crippen LogP contribution in [0.3, 0.4) is 0 Å². The van der Waals surface area contributed by atoms with Gasteiger partial charge in [-0.25, -0.2) is 21.8 Å². The van der Waals surface area contributed by atoms with E-state index in [1.54, 1.807) is 54.6 Å². The smallest absolute Gasteiger partial charge is 0.261 e. The summed E-state index contributed by atoms with van der Waals surface area (Å²) in [6.45, 7) is 2.57. The molecule has 194 valence electrons. The minimum Gasteiger partial charge on any atom is -0.310 e. The Kier molecular flexibility index (Phi) is 7.23. The number of nitrogens with zero attached hydrogens (tertiary/aromatic N) is 3. The first-order chi connectivity index (χ1) is 17.5. The van der Waals surface area contributed by atoms with Crippen LogP contribution >= 0.6 is 0 Å². The molecule has 4 aromatic rings. The molecule has 0 bridgehead atoms. The van der Waals surface area contributed by atoms with Crippen molar-refractivity contribution < 1.29 is 21.6 Å². The summed E-state index contributed by atoms with van der Waals surface area (Å²) >= 11 is 0. The van der Waals surface area contributed by atoms with Gasteiger partial charge < -0.3 is 4.57 Å². The van der Waals surface area contributed by atoms with E-state index in [4.69, 9.17) is 0 Å². The molecule has 0 saturated heterocycles. The van der Waals surface area contributed by atoms with E-state index < -0.39 is 26.0 Å². The Hall–Kier alpha value is -3.90. The van der Waals surface area contributed by atoms with Gasteiger partial charge in [-0.1, -0.05) is 31.2 Å². The third-order valence-electron chi connectivity index (χ3n) is 5.70. The van der Waals surface area contributed by atoms with Gasteiger partial charge in [-0.3, -0.25) is 19.1 Å². The van der Waals surface area contributed by atoms with Crippen molar-refractivity contribution >= 4 is 54.3 Å². The lowest BCUT2D eigenvalue weighted by atomic mass is 10.2. The van der Waals surface area contributed by atoms with Gasteiger partial charge in [0.05, 0.1) is 27.9 Å². The van der Waals surface area contributed by atoms with Crippen molar-refractivity contribution in [2.75, 3.05) is 27.6 Å². The van der Waals surface area contributed by atoms with Crippen LogP contribution in [0.2, 0.25) is 0 Å². The fourth-order valence-corrected chi connectivity index (χ4v) is 5.33. The maximum absolute atomic E-state index is 13.1. The molecule has 0 atom stereocenters. The van der Waals surface area contributed by atoms with Crippen molar-refractivity contribution in [3.05, 3.63) is 78.4 Å². The van der Waals surface area contributed by atoms with E-state index in [-0.39, 0.29) is 16.1 Å². The Balaban J connectivity index is 1.62. The third kappa shape index (κ3) is 5.75. The number of anilines is 3. The predicted molar refractivity (Wildman–Crippen MR) is 145 cm³/mol. The molecule has 0 fully saturated rings. The zero-order valence-electron chi connectivity index (χ0n) is 20.5. The summed E-state index contributed by atoms with van der Waals surface area (Å²) in [5.41, 5.74) is 2.20. The van der Waals surface area contributed by atoms with Gasteiger partial charge in [0, 0.05) is 24.8 Å². The molecule has 1 aromatic heterocycles. The van der Waals surface area contributed by atoms with Crippen LogP contribution in [0.5, 0.6) is 0 Å². The minimum atomic E-state index is -3.81. The van der Waals surface area contributed by atoms with E-state index in [0.717, 1.165) is 22.5 Å². The lowest BCUT2D eigenvalue weighted by molar-refractivity contribution is 0.102. The van der Waals surface area contributed by atoms with Gasteiger partial charge in [0.15, 0.2) is 0 Å². The number of fused-ring (bicyclic) bond motifs is 1. The number of carbonyl (C=O) groups excluding carboxylic acids is 1. The second-order valence-corrected chi connectivity index (χ2v) is 12.1. The van der Waals surface area contributed by atoms with Crippen molar-refractivity contribution in [1.82, 2.24) is 9.55 Å².